The number of thiol groups is 1. The van der Waals surface area contributed by atoms with Crippen LogP contribution in [0.3, 0.4) is 0 Å². The Labute approximate surface area is 67.6 Å². The molecule has 0 N–H and O–H groups in total. The topological polar surface area (TPSA) is 35.5 Å². The maximum atomic E-state index is 10.3. The highest BCUT2D eigenvalue weighted by atomic mass is 33.1. The molecule has 2 atom stereocenters. The maximum Gasteiger partial charge on any atom is 0.215 e. The molecule has 0 bridgehead atoms. The summed E-state index contributed by atoms with van der Waals surface area (Å²) in [5, 5.41) is 0. The Bertz CT molecular complexity index is 122. The van der Waals surface area contributed by atoms with Gasteiger partial charge in [-0.3, -0.25) is 4.18 Å². The van der Waals surface area contributed by atoms with E-state index in [-0.39, 0.29) is 6.10 Å². The molecule has 0 spiro atoms. The van der Waals surface area contributed by atoms with Crippen molar-refractivity contribution >= 4 is 21.8 Å². The molecule has 0 radical (unpaired) electrons. The van der Waals surface area contributed by atoms with Crippen molar-refractivity contribution < 1.29 is 13.1 Å². The molecule has 0 saturated carbocycles. The van der Waals surface area contributed by atoms with Gasteiger partial charge in [-0.05, 0) is 24.5 Å². The van der Waals surface area contributed by atoms with Crippen LogP contribution in [0.1, 0.15) is 12.8 Å². The van der Waals surface area contributed by atoms with Gasteiger partial charge < -0.3 is 4.74 Å². The minimum Gasteiger partial charge on any atom is -0.376 e. The molecule has 1 heterocycles. The average Bonchev–Trinajstić information content (AvgIpc) is 2.34. The highest BCUT2D eigenvalue weighted by Crippen LogP contribution is 2.12. The standard InChI is InChI=1S/C5H10O3S2/c6-10(9)8-4-5-2-1-3-7-5/h5H,1-4H2,(H,6,9). The fraction of sp³-hybridized carbons (Fsp3) is 1.00. The van der Waals surface area contributed by atoms with Crippen LogP contribution in [0.25, 0.3) is 0 Å². The summed E-state index contributed by atoms with van der Waals surface area (Å²) in [7, 11) is -1.45. The van der Waals surface area contributed by atoms with Crippen molar-refractivity contribution in [2.45, 2.75) is 18.9 Å². The van der Waals surface area contributed by atoms with Gasteiger partial charge in [0.05, 0.1) is 12.7 Å². The van der Waals surface area contributed by atoms with Crippen LogP contribution in [0.15, 0.2) is 0 Å². The van der Waals surface area contributed by atoms with Crippen molar-refractivity contribution in [2.24, 2.45) is 0 Å². The summed E-state index contributed by atoms with van der Waals surface area (Å²) in [6.07, 6.45) is 2.22. The molecule has 0 amide bonds. The lowest BCUT2D eigenvalue weighted by atomic mass is 10.2. The Hall–Kier alpha value is 0.420. The van der Waals surface area contributed by atoms with Crippen LogP contribution >= 0.6 is 11.7 Å². The lowest BCUT2D eigenvalue weighted by Gasteiger charge is -2.05. The second kappa shape index (κ2) is 4.33. The highest BCUT2D eigenvalue weighted by Gasteiger charge is 2.15. The molecule has 0 aliphatic carbocycles. The largest absolute Gasteiger partial charge is 0.376 e. The van der Waals surface area contributed by atoms with E-state index in [1.165, 1.54) is 0 Å². The number of rotatable bonds is 3. The third-order valence-electron chi connectivity index (χ3n) is 1.38. The zero-order chi connectivity index (χ0) is 7.40. The third kappa shape index (κ3) is 3.01. The molecule has 5 heteroatoms. The quantitative estimate of drug-likeness (QED) is 0.515. The van der Waals surface area contributed by atoms with Crippen LogP contribution in [-0.4, -0.2) is 23.5 Å². The summed E-state index contributed by atoms with van der Waals surface area (Å²) >= 11 is 3.57. The summed E-state index contributed by atoms with van der Waals surface area (Å²) in [6.45, 7) is 1.20. The molecule has 1 saturated heterocycles. The molecule has 60 valence electrons. The van der Waals surface area contributed by atoms with Gasteiger partial charge in [-0.15, -0.1) is 0 Å². The Morgan fingerprint density at radius 2 is 2.60 bits per heavy atom. The average molecular weight is 182 g/mol. The molecule has 3 nitrogen and oxygen atoms in total. The fourth-order valence-electron chi connectivity index (χ4n) is 0.910. The lowest BCUT2D eigenvalue weighted by molar-refractivity contribution is 0.0736. The fourth-order valence-corrected chi connectivity index (χ4v) is 1.36. The van der Waals surface area contributed by atoms with E-state index >= 15 is 0 Å². The smallest absolute Gasteiger partial charge is 0.215 e. The first kappa shape index (κ1) is 8.52. The monoisotopic (exact) mass is 182 g/mol. The molecule has 10 heavy (non-hydrogen) atoms. The molecular formula is C5H10O3S2. The summed E-state index contributed by atoms with van der Waals surface area (Å²) < 4.78 is 20.2. The van der Waals surface area contributed by atoms with Gasteiger partial charge in [-0.25, -0.2) is 4.21 Å². The minimum atomic E-state index is -1.45. The second-order valence-electron chi connectivity index (χ2n) is 2.14. The third-order valence-corrected chi connectivity index (χ3v) is 2.03. The zero-order valence-corrected chi connectivity index (χ0v) is 7.20. The van der Waals surface area contributed by atoms with Crippen LogP contribution < -0.4 is 0 Å². The molecule has 0 aromatic heterocycles. The van der Waals surface area contributed by atoms with Crippen LogP contribution in [0.4, 0.5) is 0 Å². The minimum absolute atomic E-state index is 0.135. The predicted octanol–water partition coefficient (Wildman–Crippen LogP) is 0.691. The number of hydrogen-bond acceptors (Lipinski definition) is 3. The Kier molecular flexibility index (Phi) is 3.69. The first-order chi connectivity index (χ1) is 4.79. The second-order valence-corrected chi connectivity index (χ2v) is 3.70. The van der Waals surface area contributed by atoms with Gasteiger partial charge in [0.2, 0.25) is 10.1 Å². The van der Waals surface area contributed by atoms with Gasteiger partial charge in [0.15, 0.2) is 0 Å². The van der Waals surface area contributed by atoms with Crippen LogP contribution in [0.5, 0.6) is 0 Å². The summed E-state index contributed by atoms with van der Waals surface area (Å²) in [6, 6.07) is 0. The van der Waals surface area contributed by atoms with Crippen LogP contribution in [-0.2, 0) is 19.0 Å². The normalized spacial score (nSPS) is 28.7. The van der Waals surface area contributed by atoms with Gasteiger partial charge in [-0.2, -0.15) is 0 Å². The van der Waals surface area contributed by atoms with Crippen molar-refractivity contribution in [2.75, 3.05) is 13.2 Å². The van der Waals surface area contributed by atoms with Crippen LogP contribution in [0, 0.1) is 0 Å². The van der Waals surface area contributed by atoms with E-state index in [9.17, 15) is 4.21 Å². The Morgan fingerprint density at radius 1 is 1.80 bits per heavy atom. The van der Waals surface area contributed by atoms with Crippen LogP contribution in [0.2, 0.25) is 0 Å². The summed E-state index contributed by atoms with van der Waals surface area (Å²) in [5.74, 6) is 0. The van der Waals surface area contributed by atoms with Gasteiger partial charge in [-0.1, -0.05) is 0 Å². The van der Waals surface area contributed by atoms with Crippen molar-refractivity contribution in [1.82, 2.24) is 0 Å². The molecule has 0 aromatic carbocycles. The molecule has 1 aliphatic heterocycles. The van der Waals surface area contributed by atoms with Crippen molar-refractivity contribution in [3.05, 3.63) is 0 Å². The molecule has 1 aliphatic rings. The van der Waals surface area contributed by atoms with Gasteiger partial charge in [0, 0.05) is 6.61 Å². The van der Waals surface area contributed by atoms with E-state index < -0.39 is 10.1 Å². The summed E-state index contributed by atoms with van der Waals surface area (Å²) in [4.78, 5) is 0. The SMILES string of the molecule is O=S(S)OCC1CCCO1. The summed E-state index contributed by atoms with van der Waals surface area (Å²) in [5.41, 5.74) is 0. The lowest BCUT2D eigenvalue weighted by Crippen LogP contribution is -2.13. The number of ether oxygens (including phenoxy) is 1. The van der Waals surface area contributed by atoms with Crippen molar-refractivity contribution in [3.63, 3.8) is 0 Å². The highest BCUT2D eigenvalue weighted by molar-refractivity contribution is 8.58. The van der Waals surface area contributed by atoms with Crippen molar-refractivity contribution in [1.29, 1.82) is 0 Å². The first-order valence-electron chi connectivity index (χ1n) is 3.15. The zero-order valence-electron chi connectivity index (χ0n) is 5.49. The molecule has 1 rings (SSSR count). The van der Waals surface area contributed by atoms with E-state index in [0.29, 0.717) is 6.61 Å². The van der Waals surface area contributed by atoms with E-state index in [4.69, 9.17) is 8.92 Å². The Morgan fingerprint density at radius 3 is 3.10 bits per heavy atom. The molecule has 1 fully saturated rings. The Balaban J connectivity index is 2.07. The first-order valence-corrected chi connectivity index (χ1v) is 5.27. The van der Waals surface area contributed by atoms with E-state index in [0.717, 1.165) is 19.4 Å². The van der Waals surface area contributed by atoms with E-state index in [2.05, 4.69) is 11.7 Å². The van der Waals surface area contributed by atoms with Gasteiger partial charge >= 0.3 is 0 Å². The maximum absolute atomic E-state index is 10.3. The van der Waals surface area contributed by atoms with E-state index in [1.807, 2.05) is 0 Å². The van der Waals surface area contributed by atoms with Crippen molar-refractivity contribution in [3.8, 4) is 0 Å². The predicted molar refractivity (Wildman–Crippen MR) is 42.1 cm³/mol. The molecular weight excluding hydrogens is 172 g/mol. The van der Waals surface area contributed by atoms with Gasteiger partial charge in [0.25, 0.3) is 0 Å². The van der Waals surface area contributed by atoms with E-state index in [1.54, 1.807) is 0 Å². The number of hydrogen-bond donors (Lipinski definition) is 1. The van der Waals surface area contributed by atoms with Gasteiger partial charge in [0.1, 0.15) is 0 Å². The molecule has 0 aromatic rings. The molecule has 2 unspecified atom stereocenters.